The van der Waals surface area contributed by atoms with Crippen molar-refractivity contribution in [1.29, 1.82) is 0 Å². The lowest BCUT2D eigenvalue weighted by atomic mass is 9.95. The molecule has 1 saturated heterocycles. The number of rotatable bonds is 9. The second-order valence-corrected chi connectivity index (χ2v) is 11.9. The molecule has 3 atom stereocenters. The van der Waals surface area contributed by atoms with Crippen LogP contribution in [0.5, 0.6) is 0 Å². The van der Waals surface area contributed by atoms with Crippen LogP contribution in [0.3, 0.4) is 0 Å². The molecule has 2 amide bonds. The minimum atomic E-state index is -1.31. The molecular formula is C34H37N3O5. The summed E-state index contributed by atoms with van der Waals surface area (Å²) in [6.45, 7) is 1.73. The van der Waals surface area contributed by atoms with Gasteiger partial charge in [0.15, 0.2) is 5.54 Å². The average Bonchev–Trinajstić information content (AvgIpc) is 3.69. The highest BCUT2D eigenvalue weighted by Crippen LogP contribution is 2.44. The van der Waals surface area contributed by atoms with E-state index in [0.717, 1.165) is 36.0 Å². The Kier molecular flexibility index (Phi) is 7.98. The van der Waals surface area contributed by atoms with Crippen molar-refractivity contribution in [2.24, 2.45) is 5.92 Å². The van der Waals surface area contributed by atoms with Gasteiger partial charge < -0.3 is 20.5 Å². The summed E-state index contributed by atoms with van der Waals surface area (Å²) < 4.78 is 5.74. The molecule has 6 rings (SSSR count). The first-order chi connectivity index (χ1) is 20.4. The van der Waals surface area contributed by atoms with Crippen LogP contribution in [0.25, 0.3) is 11.1 Å². The SMILES string of the molecule is O=C(CC1CCCC1NC(=O)OCC1c2ccccc2-c2ccccc21)NC1(C(=O)O)CCN(Cc2ccccc2)C1. The monoisotopic (exact) mass is 567 g/mol. The Labute approximate surface area is 246 Å². The molecule has 8 nitrogen and oxygen atoms in total. The molecule has 3 aliphatic rings. The first-order valence-electron chi connectivity index (χ1n) is 14.8. The van der Waals surface area contributed by atoms with Gasteiger partial charge in [0.25, 0.3) is 0 Å². The zero-order valence-corrected chi connectivity index (χ0v) is 23.6. The van der Waals surface area contributed by atoms with Crippen molar-refractivity contribution in [2.75, 3.05) is 19.7 Å². The summed E-state index contributed by atoms with van der Waals surface area (Å²) >= 11 is 0. The quantitative estimate of drug-likeness (QED) is 0.339. The maximum Gasteiger partial charge on any atom is 0.407 e. The Morgan fingerprint density at radius 2 is 1.57 bits per heavy atom. The van der Waals surface area contributed by atoms with Gasteiger partial charge in [-0.05, 0) is 53.0 Å². The first kappa shape index (κ1) is 28.0. The number of amides is 2. The number of hydrogen-bond acceptors (Lipinski definition) is 5. The van der Waals surface area contributed by atoms with Gasteiger partial charge in [-0.1, -0.05) is 85.3 Å². The van der Waals surface area contributed by atoms with Crippen molar-refractivity contribution >= 4 is 18.0 Å². The maximum absolute atomic E-state index is 13.2. The van der Waals surface area contributed by atoms with Gasteiger partial charge in [0.2, 0.25) is 5.91 Å². The maximum atomic E-state index is 13.2. The Morgan fingerprint density at radius 3 is 2.26 bits per heavy atom. The molecular weight excluding hydrogens is 530 g/mol. The van der Waals surface area contributed by atoms with Gasteiger partial charge in [-0.3, -0.25) is 9.69 Å². The van der Waals surface area contributed by atoms with Gasteiger partial charge in [0.05, 0.1) is 0 Å². The van der Waals surface area contributed by atoms with E-state index >= 15 is 0 Å². The van der Waals surface area contributed by atoms with E-state index in [1.807, 2.05) is 54.6 Å². The number of hydrogen-bond donors (Lipinski definition) is 3. The predicted octanol–water partition coefficient (Wildman–Crippen LogP) is 4.93. The minimum absolute atomic E-state index is 0.0200. The molecule has 42 heavy (non-hydrogen) atoms. The summed E-state index contributed by atoms with van der Waals surface area (Å²) in [6, 6.07) is 26.2. The molecule has 0 bridgehead atoms. The molecule has 3 aromatic rings. The lowest BCUT2D eigenvalue weighted by Crippen LogP contribution is -2.56. The second-order valence-electron chi connectivity index (χ2n) is 11.9. The van der Waals surface area contributed by atoms with E-state index in [2.05, 4.69) is 39.8 Å². The van der Waals surface area contributed by atoms with Crippen LogP contribution in [0.15, 0.2) is 78.9 Å². The number of carboxylic acid groups (broad SMARTS) is 1. The van der Waals surface area contributed by atoms with E-state index in [-0.39, 0.29) is 43.4 Å². The van der Waals surface area contributed by atoms with Crippen LogP contribution < -0.4 is 10.6 Å². The number of ether oxygens (including phenoxy) is 1. The van der Waals surface area contributed by atoms with Crippen LogP contribution in [0.4, 0.5) is 4.79 Å². The van der Waals surface area contributed by atoms with E-state index < -0.39 is 17.6 Å². The van der Waals surface area contributed by atoms with E-state index in [0.29, 0.717) is 19.5 Å². The molecule has 1 saturated carbocycles. The van der Waals surface area contributed by atoms with Crippen LogP contribution in [0, 0.1) is 5.92 Å². The van der Waals surface area contributed by atoms with Gasteiger partial charge in [-0.25, -0.2) is 9.59 Å². The summed E-state index contributed by atoms with van der Waals surface area (Å²) in [6.07, 6.45) is 2.48. The van der Waals surface area contributed by atoms with E-state index in [9.17, 15) is 19.5 Å². The number of likely N-dealkylation sites (tertiary alicyclic amines) is 1. The molecule has 1 heterocycles. The van der Waals surface area contributed by atoms with Crippen LogP contribution in [0.1, 0.15) is 54.7 Å². The number of nitrogens with one attached hydrogen (secondary N) is 2. The number of alkyl carbamates (subject to hydrolysis) is 1. The van der Waals surface area contributed by atoms with Crippen LogP contribution in [-0.4, -0.2) is 59.3 Å². The molecule has 1 aliphatic heterocycles. The van der Waals surface area contributed by atoms with Crippen molar-refractivity contribution in [1.82, 2.24) is 15.5 Å². The van der Waals surface area contributed by atoms with Crippen molar-refractivity contribution in [3.05, 3.63) is 95.6 Å². The summed E-state index contributed by atoms with van der Waals surface area (Å²) in [4.78, 5) is 40.5. The number of fused-ring (bicyclic) bond motifs is 3. The zero-order valence-electron chi connectivity index (χ0n) is 23.6. The average molecular weight is 568 g/mol. The van der Waals surface area contributed by atoms with Crippen molar-refractivity contribution in [3.8, 4) is 11.1 Å². The fourth-order valence-electron chi connectivity index (χ4n) is 7.01. The van der Waals surface area contributed by atoms with E-state index in [1.54, 1.807) is 0 Å². The fraction of sp³-hybridized carbons (Fsp3) is 0.382. The summed E-state index contributed by atoms with van der Waals surface area (Å²) in [5.41, 5.74) is 4.47. The summed E-state index contributed by atoms with van der Waals surface area (Å²) in [5, 5.41) is 16.0. The number of nitrogens with zero attached hydrogens (tertiary/aromatic N) is 1. The number of carboxylic acids is 1. The Bertz CT molecular complexity index is 1410. The molecule has 0 spiro atoms. The second kappa shape index (κ2) is 12.0. The molecule has 3 aromatic carbocycles. The third-order valence-corrected chi connectivity index (χ3v) is 9.14. The largest absolute Gasteiger partial charge is 0.479 e. The lowest BCUT2D eigenvalue weighted by molar-refractivity contribution is -0.147. The number of carbonyl (C=O) groups is 3. The molecule has 0 aromatic heterocycles. The van der Waals surface area contributed by atoms with Gasteiger partial charge in [0, 0.05) is 38.0 Å². The van der Waals surface area contributed by atoms with Crippen molar-refractivity contribution < 1.29 is 24.2 Å². The molecule has 8 heteroatoms. The smallest absolute Gasteiger partial charge is 0.407 e. The standard InChI is InChI=1S/C34H37N3O5/c38-31(36-34(32(39)40)17-18-37(22-34)20-23-9-2-1-3-10-23)19-24-11-8-16-30(24)35-33(41)42-21-29-27-14-6-4-12-25(27)26-13-5-7-15-28(26)29/h1-7,9-10,12-15,24,29-30H,8,11,16-22H2,(H,35,41)(H,36,38)(H,39,40). The van der Waals surface area contributed by atoms with Crippen molar-refractivity contribution in [2.45, 2.75) is 56.1 Å². The fourth-order valence-corrected chi connectivity index (χ4v) is 7.01. The highest BCUT2D eigenvalue weighted by Gasteiger charge is 2.46. The van der Waals surface area contributed by atoms with Crippen LogP contribution in [0.2, 0.25) is 0 Å². The topological polar surface area (TPSA) is 108 Å². The highest BCUT2D eigenvalue weighted by molar-refractivity contribution is 5.88. The summed E-state index contributed by atoms with van der Waals surface area (Å²) in [5.74, 6) is -1.39. The molecule has 3 N–H and O–H groups in total. The number of aliphatic carboxylic acids is 1. The molecule has 218 valence electrons. The van der Waals surface area contributed by atoms with Gasteiger partial charge in [0.1, 0.15) is 6.61 Å². The van der Waals surface area contributed by atoms with Crippen LogP contribution >= 0.6 is 0 Å². The zero-order chi connectivity index (χ0) is 29.1. The molecule has 0 radical (unpaired) electrons. The molecule has 2 fully saturated rings. The predicted molar refractivity (Wildman–Crippen MR) is 159 cm³/mol. The van der Waals surface area contributed by atoms with Gasteiger partial charge >= 0.3 is 12.1 Å². The third kappa shape index (κ3) is 5.77. The highest BCUT2D eigenvalue weighted by atomic mass is 16.5. The minimum Gasteiger partial charge on any atom is -0.479 e. The number of carbonyl (C=O) groups excluding carboxylic acids is 2. The van der Waals surface area contributed by atoms with Crippen molar-refractivity contribution in [3.63, 3.8) is 0 Å². The normalized spacial score (nSPS) is 23.2. The van der Waals surface area contributed by atoms with E-state index in [1.165, 1.54) is 11.1 Å². The Hall–Kier alpha value is -4.17. The Balaban J connectivity index is 1.02. The third-order valence-electron chi connectivity index (χ3n) is 9.14. The van der Waals surface area contributed by atoms with E-state index in [4.69, 9.17) is 4.74 Å². The van der Waals surface area contributed by atoms with Crippen LogP contribution in [-0.2, 0) is 20.9 Å². The van der Waals surface area contributed by atoms with Gasteiger partial charge in [-0.2, -0.15) is 0 Å². The first-order valence-corrected chi connectivity index (χ1v) is 14.8. The lowest BCUT2D eigenvalue weighted by Gasteiger charge is -2.28. The summed E-state index contributed by atoms with van der Waals surface area (Å²) in [7, 11) is 0. The Morgan fingerprint density at radius 1 is 0.905 bits per heavy atom. The molecule has 2 aliphatic carbocycles. The van der Waals surface area contributed by atoms with Gasteiger partial charge in [-0.15, -0.1) is 0 Å². The number of benzene rings is 3. The molecule has 3 unspecified atom stereocenters.